The Morgan fingerprint density at radius 1 is 1.38 bits per heavy atom. The van der Waals surface area contributed by atoms with Gasteiger partial charge in [0.1, 0.15) is 0 Å². The van der Waals surface area contributed by atoms with Gasteiger partial charge in [-0.05, 0) is 30.5 Å². The van der Waals surface area contributed by atoms with Gasteiger partial charge in [-0.1, -0.05) is 12.1 Å². The molecule has 0 radical (unpaired) electrons. The van der Waals surface area contributed by atoms with Crippen LogP contribution in [0.2, 0.25) is 0 Å². The highest BCUT2D eigenvalue weighted by Gasteiger charge is 2.55. The number of sulfone groups is 1. The summed E-state index contributed by atoms with van der Waals surface area (Å²) in [6.45, 7) is 1.83. The van der Waals surface area contributed by atoms with E-state index in [0.29, 0.717) is 12.5 Å². The molecule has 1 fully saturated rings. The number of hydrogen-bond acceptors (Lipinski definition) is 6. The average molecular weight is 405 g/mol. The molecule has 1 heterocycles. The first-order chi connectivity index (χ1) is 11.9. The van der Waals surface area contributed by atoms with Gasteiger partial charge in [0.15, 0.2) is 21.4 Å². The molecule has 1 aromatic carbocycles. The lowest BCUT2D eigenvalue weighted by molar-refractivity contribution is -0.137. The second-order valence-corrected chi connectivity index (χ2v) is 9.19. The zero-order valence-corrected chi connectivity index (χ0v) is 15.4. The molecular formula is C16H14F3NO4S2. The maximum absolute atomic E-state index is 13.0. The molecule has 5 nitrogen and oxygen atoms in total. The van der Waals surface area contributed by atoms with Gasteiger partial charge >= 0.3 is 6.18 Å². The van der Waals surface area contributed by atoms with E-state index >= 15 is 0 Å². The second kappa shape index (κ2) is 5.85. The van der Waals surface area contributed by atoms with Crippen molar-refractivity contribution in [3.8, 4) is 11.3 Å². The maximum Gasteiger partial charge on any atom is 0.416 e. The number of Topliss-reactive ketones (excluding diaryl/α,β-unsaturated/α-hetero) is 1. The third-order valence-electron chi connectivity index (χ3n) is 4.43. The lowest BCUT2D eigenvalue weighted by Crippen LogP contribution is -2.18. The Bertz CT molecular complexity index is 997. The molecule has 2 aromatic rings. The molecule has 1 aliphatic rings. The fraction of sp³-hybridized carbons (Fsp3) is 0.375. The van der Waals surface area contributed by atoms with Crippen LogP contribution in [-0.2, 0) is 16.0 Å². The minimum absolute atomic E-state index is 0.00555. The van der Waals surface area contributed by atoms with Crippen molar-refractivity contribution in [3.63, 3.8) is 0 Å². The Hall–Kier alpha value is -1.81. The molecule has 1 aliphatic carbocycles. The van der Waals surface area contributed by atoms with E-state index in [1.165, 1.54) is 0 Å². The number of nitrogens with zero attached hydrogens (tertiary/aromatic N) is 1. The van der Waals surface area contributed by atoms with Gasteiger partial charge in [0.05, 0.1) is 27.0 Å². The van der Waals surface area contributed by atoms with Crippen molar-refractivity contribution in [3.05, 3.63) is 35.5 Å². The normalized spacial score (nSPS) is 23.1. The summed E-state index contributed by atoms with van der Waals surface area (Å²) in [5, 5.41) is 3.53. The molecule has 0 N–H and O–H groups in total. The highest BCUT2D eigenvalue weighted by molar-refractivity contribution is 7.90. The van der Waals surface area contributed by atoms with Crippen molar-refractivity contribution in [1.82, 2.24) is 5.16 Å². The fourth-order valence-electron chi connectivity index (χ4n) is 2.75. The van der Waals surface area contributed by atoms with Crippen molar-refractivity contribution in [2.75, 3.05) is 6.26 Å². The molecule has 0 bridgehead atoms. The molecule has 1 saturated carbocycles. The van der Waals surface area contributed by atoms with Crippen molar-refractivity contribution >= 4 is 28.2 Å². The van der Waals surface area contributed by atoms with E-state index in [2.05, 4.69) is 17.8 Å². The summed E-state index contributed by atoms with van der Waals surface area (Å²) in [6.07, 6.45) is -2.26. The van der Waals surface area contributed by atoms with Crippen LogP contribution in [0.3, 0.4) is 0 Å². The van der Waals surface area contributed by atoms with Crippen LogP contribution in [0.25, 0.3) is 11.3 Å². The van der Waals surface area contributed by atoms with E-state index in [9.17, 15) is 26.4 Å². The van der Waals surface area contributed by atoms with Crippen molar-refractivity contribution in [2.24, 2.45) is 5.92 Å². The zero-order chi connectivity index (χ0) is 19.5. The van der Waals surface area contributed by atoms with Gasteiger partial charge < -0.3 is 4.52 Å². The van der Waals surface area contributed by atoms with Crippen LogP contribution in [0.4, 0.5) is 13.2 Å². The van der Waals surface area contributed by atoms with Crippen LogP contribution in [0.5, 0.6) is 0 Å². The Kier molecular flexibility index (Phi) is 4.27. The lowest BCUT2D eigenvalue weighted by atomic mass is 10.0. The number of halogens is 3. The first kappa shape index (κ1) is 19.0. The Morgan fingerprint density at radius 2 is 2.00 bits per heavy atom. The average Bonchev–Trinajstić information content (AvgIpc) is 2.96. The van der Waals surface area contributed by atoms with E-state index in [0.717, 1.165) is 24.6 Å². The number of carbonyl (C=O) groups excluding carboxylic acids is 1. The number of carbonyl (C=O) groups is 1. The molecule has 26 heavy (non-hydrogen) atoms. The summed E-state index contributed by atoms with van der Waals surface area (Å²) in [5.41, 5.74) is -1.27. The summed E-state index contributed by atoms with van der Waals surface area (Å²) in [6, 6.07) is 2.23. The molecule has 0 aliphatic heterocycles. The molecule has 0 spiro atoms. The van der Waals surface area contributed by atoms with Gasteiger partial charge in [-0.2, -0.15) is 25.8 Å². The molecular weight excluding hydrogens is 391 g/mol. The highest BCUT2D eigenvalue weighted by atomic mass is 32.2. The largest absolute Gasteiger partial charge is 0.416 e. The molecule has 3 rings (SSSR count). The smallest absolute Gasteiger partial charge is 0.355 e. The van der Waals surface area contributed by atoms with Crippen LogP contribution in [0.15, 0.2) is 33.8 Å². The number of rotatable bonds is 4. The minimum atomic E-state index is -4.71. The number of thiol groups is 1. The SMILES string of the molecule is CC1CC1(S)C(=O)c1cnoc1-c1ccc(C(F)(F)F)cc1S(C)(=O)=O. The number of aromatic nitrogens is 1. The molecule has 0 saturated heterocycles. The second-order valence-electron chi connectivity index (χ2n) is 6.41. The van der Waals surface area contributed by atoms with E-state index in [-0.39, 0.29) is 22.8 Å². The summed E-state index contributed by atoms with van der Waals surface area (Å²) in [7, 11) is -4.03. The predicted molar refractivity (Wildman–Crippen MR) is 89.9 cm³/mol. The van der Waals surface area contributed by atoms with Crippen LogP contribution in [-0.4, -0.2) is 30.4 Å². The Morgan fingerprint density at radius 3 is 2.50 bits per heavy atom. The van der Waals surface area contributed by atoms with Gasteiger partial charge in [-0.15, -0.1) is 0 Å². The van der Waals surface area contributed by atoms with Gasteiger partial charge in [-0.3, -0.25) is 4.79 Å². The van der Waals surface area contributed by atoms with Crippen LogP contribution in [0.1, 0.15) is 29.3 Å². The van der Waals surface area contributed by atoms with Crippen molar-refractivity contribution in [2.45, 2.75) is 29.2 Å². The molecule has 2 unspecified atom stereocenters. The van der Waals surface area contributed by atoms with Crippen LogP contribution >= 0.6 is 12.6 Å². The van der Waals surface area contributed by atoms with E-state index in [4.69, 9.17) is 4.52 Å². The van der Waals surface area contributed by atoms with Gasteiger partial charge in [0.2, 0.25) is 0 Å². The molecule has 10 heteroatoms. The number of benzene rings is 1. The van der Waals surface area contributed by atoms with Gasteiger partial charge in [-0.25, -0.2) is 8.42 Å². The first-order valence-corrected chi connectivity index (χ1v) is 9.83. The van der Waals surface area contributed by atoms with Gasteiger partial charge in [0, 0.05) is 11.8 Å². The van der Waals surface area contributed by atoms with Crippen molar-refractivity contribution in [1.29, 1.82) is 0 Å². The van der Waals surface area contributed by atoms with E-state index < -0.39 is 37.0 Å². The van der Waals surface area contributed by atoms with Gasteiger partial charge in [0.25, 0.3) is 0 Å². The summed E-state index contributed by atoms with van der Waals surface area (Å²) < 4.78 is 67.1. The maximum atomic E-state index is 13.0. The monoisotopic (exact) mass is 405 g/mol. The summed E-state index contributed by atoms with van der Waals surface area (Å²) in [4.78, 5) is 12.1. The highest BCUT2D eigenvalue weighted by Crippen LogP contribution is 2.51. The zero-order valence-electron chi connectivity index (χ0n) is 13.7. The van der Waals surface area contributed by atoms with E-state index in [1.54, 1.807) is 0 Å². The summed E-state index contributed by atoms with van der Waals surface area (Å²) >= 11 is 4.35. The number of alkyl halides is 3. The minimum Gasteiger partial charge on any atom is -0.355 e. The topological polar surface area (TPSA) is 77.2 Å². The third kappa shape index (κ3) is 3.16. The molecule has 140 valence electrons. The number of ketones is 1. The van der Waals surface area contributed by atoms with Crippen LogP contribution < -0.4 is 0 Å². The molecule has 2 atom stereocenters. The lowest BCUT2D eigenvalue weighted by Gasteiger charge is -2.12. The quantitative estimate of drug-likeness (QED) is 0.621. The Balaban J connectivity index is 2.17. The standard InChI is InChI=1S/C16H14F3NO4S2/c1-8-6-15(8,25)14(21)11-7-20-24-13(11)10-4-3-9(16(17,18)19)5-12(10)26(2,22)23/h3-5,7-8,25H,6H2,1-2H3. The third-order valence-corrected chi connectivity index (χ3v) is 6.40. The molecule has 0 amide bonds. The molecule has 1 aromatic heterocycles. The first-order valence-electron chi connectivity index (χ1n) is 7.49. The summed E-state index contributed by atoms with van der Waals surface area (Å²) in [5.74, 6) is -0.566. The van der Waals surface area contributed by atoms with Crippen LogP contribution in [0, 0.1) is 5.92 Å². The Labute approximate surface area is 152 Å². The van der Waals surface area contributed by atoms with Crippen molar-refractivity contribution < 1.29 is 30.9 Å². The van der Waals surface area contributed by atoms with E-state index in [1.807, 2.05) is 6.92 Å². The fourth-order valence-corrected chi connectivity index (χ4v) is 4.04. The predicted octanol–water partition coefficient (Wildman–Crippen LogP) is 3.66. The number of hydrogen-bond donors (Lipinski definition) is 1.